The van der Waals surface area contributed by atoms with Gasteiger partial charge in [-0.3, -0.25) is 0 Å². The number of sulfone groups is 1. The number of aliphatic hydroxyl groups excluding tert-OH is 1. The summed E-state index contributed by atoms with van der Waals surface area (Å²) in [5.41, 5.74) is 0. The average Bonchev–Trinajstić information content (AvgIpc) is 2.23. The van der Waals surface area contributed by atoms with Gasteiger partial charge in [-0.2, -0.15) is 0 Å². The third kappa shape index (κ3) is 8.19. The Morgan fingerprint density at radius 3 is 2.25 bits per heavy atom. The van der Waals surface area contributed by atoms with Crippen LogP contribution in [0.4, 0.5) is 0 Å². The zero-order valence-corrected chi connectivity index (χ0v) is 14.5. The van der Waals surface area contributed by atoms with Crippen molar-refractivity contribution in [2.75, 3.05) is 26.0 Å². The summed E-state index contributed by atoms with van der Waals surface area (Å²) < 4.78 is 27.8. The molecule has 0 fully saturated rings. The first-order valence-corrected chi connectivity index (χ1v) is 9.05. The van der Waals surface area contributed by atoms with Crippen LogP contribution in [0.15, 0.2) is 0 Å². The van der Waals surface area contributed by atoms with E-state index in [1.54, 1.807) is 13.8 Å². The second kappa shape index (κ2) is 8.32. The van der Waals surface area contributed by atoms with Crippen LogP contribution in [-0.4, -0.2) is 56.4 Å². The Morgan fingerprint density at radius 1 is 1.25 bits per heavy atom. The highest BCUT2D eigenvalue weighted by atomic mass is 32.2. The molecule has 0 aromatic heterocycles. The molecule has 0 aromatic carbocycles. The number of hydrogen-bond acceptors (Lipinski definition) is 5. The highest BCUT2D eigenvalue weighted by molar-refractivity contribution is 7.92. The summed E-state index contributed by atoms with van der Waals surface area (Å²) in [5.74, 6) is 0.566. The molecule has 0 spiro atoms. The van der Waals surface area contributed by atoms with Crippen LogP contribution in [0.1, 0.15) is 41.0 Å². The number of aliphatic hydroxyl groups is 1. The van der Waals surface area contributed by atoms with Gasteiger partial charge in [0.15, 0.2) is 9.84 Å². The van der Waals surface area contributed by atoms with E-state index in [0.717, 1.165) is 6.42 Å². The van der Waals surface area contributed by atoms with Crippen molar-refractivity contribution in [3.8, 4) is 0 Å². The Balaban J connectivity index is 3.93. The summed E-state index contributed by atoms with van der Waals surface area (Å²) in [7, 11) is -3.11. The largest absolute Gasteiger partial charge is 0.389 e. The van der Waals surface area contributed by atoms with Crippen LogP contribution in [-0.2, 0) is 14.6 Å². The van der Waals surface area contributed by atoms with E-state index in [4.69, 9.17) is 4.74 Å². The highest BCUT2D eigenvalue weighted by Crippen LogP contribution is 2.13. The van der Waals surface area contributed by atoms with Gasteiger partial charge in [0.1, 0.15) is 0 Å². The molecule has 0 aliphatic heterocycles. The van der Waals surface area contributed by atoms with E-state index in [1.807, 2.05) is 6.92 Å². The maximum atomic E-state index is 11.5. The number of hydrogen-bond donors (Lipinski definition) is 2. The van der Waals surface area contributed by atoms with Crippen LogP contribution < -0.4 is 5.32 Å². The summed E-state index contributed by atoms with van der Waals surface area (Å²) in [6, 6.07) is 0. The molecule has 2 atom stereocenters. The van der Waals surface area contributed by atoms with Gasteiger partial charge in [0, 0.05) is 19.3 Å². The first kappa shape index (κ1) is 19.8. The van der Waals surface area contributed by atoms with Crippen molar-refractivity contribution < 1.29 is 18.3 Å². The molecular formula is C14H31NO4S. The van der Waals surface area contributed by atoms with Gasteiger partial charge in [0.25, 0.3) is 0 Å². The van der Waals surface area contributed by atoms with E-state index in [2.05, 4.69) is 19.2 Å². The van der Waals surface area contributed by atoms with E-state index in [1.165, 1.54) is 6.26 Å². The second-order valence-corrected chi connectivity index (χ2v) is 9.24. The molecule has 0 saturated heterocycles. The van der Waals surface area contributed by atoms with E-state index in [-0.39, 0.29) is 12.7 Å². The lowest BCUT2D eigenvalue weighted by Crippen LogP contribution is -2.44. The molecule has 0 aromatic rings. The molecule has 0 bridgehead atoms. The predicted molar refractivity (Wildman–Crippen MR) is 82.7 cm³/mol. The van der Waals surface area contributed by atoms with Crippen LogP contribution in [0.2, 0.25) is 0 Å². The van der Waals surface area contributed by atoms with E-state index < -0.39 is 20.7 Å². The molecule has 2 unspecified atom stereocenters. The Bertz CT molecular complexity index is 365. The fraction of sp³-hybridized carbons (Fsp3) is 1.00. The first-order chi connectivity index (χ1) is 8.95. The monoisotopic (exact) mass is 309 g/mol. The Labute approximate surface area is 124 Å². The number of rotatable bonds is 10. The Hall–Kier alpha value is -0.170. The first-order valence-electron chi connectivity index (χ1n) is 7.15. The van der Waals surface area contributed by atoms with Crippen molar-refractivity contribution in [3.05, 3.63) is 0 Å². The smallest absolute Gasteiger partial charge is 0.153 e. The molecule has 0 saturated carbocycles. The second-order valence-electron chi connectivity index (χ2n) is 6.59. The molecule has 0 aliphatic rings. The number of nitrogens with one attached hydrogen (secondary N) is 1. The lowest BCUT2D eigenvalue weighted by Gasteiger charge is -2.24. The molecule has 6 heteroatoms. The summed E-state index contributed by atoms with van der Waals surface area (Å²) in [6.45, 7) is 10.5. The maximum absolute atomic E-state index is 11.5. The van der Waals surface area contributed by atoms with Crippen molar-refractivity contribution in [1.29, 1.82) is 0 Å². The summed E-state index contributed by atoms with van der Waals surface area (Å²) in [6.07, 6.45) is 1.68. The molecule has 0 amide bonds. The minimum absolute atomic E-state index is 0.122. The standard InChI is InChI=1S/C14H31NO4S/c1-11(2)7-12(3)19-9-13(16)8-15-10-14(4,5)20(6,17)18/h11-13,15-16H,7-10H2,1-6H3. The van der Waals surface area contributed by atoms with Crippen molar-refractivity contribution in [3.63, 3.8) is 0 Å². The molecule has 0 aliphatic carbocycles. The van der Waals surface area contributed by atoms with Crippen LogP contribution in [0, 0.1) is 5.92 Å². The van der Waals surface area contributed by atoms with Gasteiger partial charge in [-0.25, -0.2) is 8.42 Å². The van der Waals surface area contributed by atoms with Crippen molar-refractivity contribution in [2.45, 2.75) is 58.0 Å². The molecule has 20 heavy (non-hydrogen) atoms. The third-order valence-corrected chi connectivity index (χ3v) is 5.46. The van der Waals surface area contributed by atoms with Gasteiger partial charge in [-0.1, -0.05) is 13.8 Å². The predicted octanol–water partition coefficient (Wildman–Crippen LogP) is 1.21. The van der Waals surface area contributed by atoms with E-state index >= 15 is 0 Å². The summed E-state index contributed by atoms with van der Waals surface area (Å²) in [4.78, 5) is 0. The fourth-order valence-corrected chi connectivity index (χ4v) is 2.10. The van der Waals surface area contributed by atoms with Crippen molar-refractivity contribution >= 4 is 9.84 Å². The normalized spacial score (nSPS) is 16.4. The van der Waals surface area contributed by atoms with Crippen molar-refractivity contribution in [1.82, 2.24) is 5.32 Å². The zero-order chi connectivity index (χ0) is 16.0. The molecule has 0 radical (unpaired) electrons. The lowest BCUT2D eigenvalue weighted by molar-refractivity contribution is -0.00853. The quantitative estimate of drug-likeness (QED) is 0.634. The van der Waals surface area contributed by atoms with Crippen LogP contribution in [0.3, 0.4) is 0 Å². The minimum Gasteiger partial charge on any atom is -0.389 e. The molecule has 2 N–H and O–H groups in total. The molecule has 5 nitrogen and oxygen atoms in total. The number of ether oxygens (including phenoxy) is 1. The lowest BCUT2D eigenvalue weighted by atomic mass is 10.1. The van der Waals surface area contributed by atoms with Crippen LogP contribution >= 0.6 is 0 Å². The van der Waals surface area contributed by atoms with E-state index in [0.29, 0.717) is 19.0 Å². The minimum atomic E-state index is -3.11. The van der Waals surface area contributed by atoms with Gasteiger partial charge in [-0.15, -0.1) is 0 Å². The third-order valence-electron chi connectivity index (χ3n) is 3.31. The molecule has 0 heterocycles. The topological polar surface area (TPSA) is 75.6 Å². The Kier molecular flexibility index (Phi) is 8.25. The summed E-state index contributed by atoms with van der Waals surface area (Å²) >= 11 is 0. The molecular weight excluding hydrogens is 278 g/mol. The fourth-order valence-electron chi connectivity index (χ4n) is 1.74. The average molecular weight is 309 g/mol. The molecule has 0 rings (SSSR count). The molecule has 122 valence electrons. The van der Waals surface area contributed by atoms with Gasteiger partial charge in [0.05, 0.1) is 23.6 Å². The van der Waals surface area contributed by atoms with E-state index in [9.17, 15) is 13.5 Å². The van der Waals surface area contributed by atoms with Crippen LogP contribution in [0.25, 0.3) is 0 Å². The SMILES string of the molecule is CC(C)CC(C)OCC(O)CNCC(C)(C)S(C)(=O)=O. The van der Waals surface area contributed by atoms with Gasteiger partial charge in [-0.05, 0) is 33.1 Å². The van der Waals surface area contributed by atoms with Crippen molar-refractivity contribution in [2.24, 2.45) is 5.92 Å². The van der Waals surface area contributed by atoms with Crippen LogP contribution in [0.5, 0.6) is 0 Å². The van der Waals surface area contributed by atoms with Gasteiger partial charge >= 0.3 is 0 Å². The van der Waals surface area contributed by atoms with Gasteiger partial charge in [0.2, 0.25) is 0 Å². The summed E-state index contributed by atoms with van der Waals surface area (Å²) in [5, 5.41) is 12.8. The zero-order valence-electron chi connectivity index (χ0n) is 13.6. The maximum Gasteiger partial charge on any atom is 0.153 e. The Morgan fingerprint density at radius 2 is 1.80 bits per heavy atom. The highest BCUT2D eigenvalue weighted by Gasteiger charge is 2.29. The van der Waals surface area contributed by atoms with Gasteiger partial charge < -0.3 is 15.2 Å².